The molecular weight excluding hydrogens is 152 g/mol. The largest absolute Gasteiger partial charge is 0.396 e. The van der Waals surface area contributed by atoms with Gasteiger partial charge in [-0.1, -0.05) is 13.8 Å². The second-order valence-electron chi connectivity index (χ2n) is 3.76. The molecule has 0 aromatic heterocycles. The molecule has 0 aliphatic carbocycles. The summed E-state index contributed by atoms with van der Waals surface area (Å²) in [5, 5.41) is 8.72. The lowest BCUT2D eigenvalue weighted by atomic mass is 9.91. The average Bonchev–Trinajstić information content (AvgIpc) is 2.03. The van der Waals surface area contributed by atoms with Crippen LogP contribution >= 0.6 is 0 Å². The van der Waals surface area contributed by atoms with Gasteiger partial charge in [-0.15, -0.1) is 0 Å². The molecule has 0 saturated heterocycles. The van der Waals surface area contributed by atoms with Crippen LogP contribution in [-0.2, 0) is 0 Å². The minimum Gasteiger partial charge on any atom is -0.396 e. The fraction of sp³-hybridized carbons (Fsp3) is 1.00. The number of rotatable bonds is 6. The standard InChI is InChI=1S/C9H22N2O/c1-7(2)9(11)5-8(6-10)3-4-12/h7-9,12H,3-6,10-11H2,1-2H3. The minimum atomic E-state index is 0.213. The number of hydrogen-bond acceptors (Lipinski definition) is 3. The second kappa shape index (κ2) is 6.40. The van der Waals surface area contributed by atoms with E-state index in [0.29, 0.717) is 18.4 Å². The van der Waals surface area contributed by atoms with E-state index >= 15 is 0 Å². The molecule has 74 valence electrons. The normalized spacial score (nSPS) is 16.5. The Labute approximate surface area is 75.1 Å². The predicted molar refractivity (Wildman–Crippen MR) is 51.7 cm³/mol. The molecule has 0 spiro atoms. The van der Waals surface area contributed by atoms with Crippen LogP contribution in [0.25, 0.3) is 0 Å². The van der Waals surface area contributed by atoms with Gasteiger partial charge in [-0.3, -0.25) is 0 Å². The molecular formula is C9H22N2O. The topological polar surface area (TPSA) is 72.3 Å². The van der Waals surface area contributed by atoms with Gasteiger partial charge in [-0.05, 0) is 31.2 Å². The van der Waals surface area contributed by atoms with Crippen molar-refractivity contribution in [3.8, 4) is 0 Å². The van der Waals surface area contributed by atoms with Crippen molar-refractivity contribution in [2.45, 2.75) is 32.7 Å². The van der Waals surface area contributed by atoms with Crippen molar-refractivity contribution in [1.82, 2.24) is 0 Å². The highest BCUT2D eigenvalue weighted by molar-refractivity contribution is 4.71. The van der Waals surface area contributed by atoms with E-state index in [0.717, 1.165) is 12.8 Å². The van der Waals surface area contributed by atoms with E-state index in [4.69, 9.17) is 16.6 Å². The monoisotopic (exact) mass is 174 g/mol. The van der Waals surface area contributed by atoms with Gasteiger partial charge in [0.15, 0.2) is 0 Å². The van der Waals surface area contributed by atoms with Gasteiger partial charge in [-0.25, -0.2) is 0 Å². The summed E-state index contributed by atoms with van der Waals surface area (Å²) in [5.41, 5.74) is 11.4. The summed E-state index contributed by atoms with van der Waals surface area (Å²) in [6.07, 6.45) is 1.70. The van der Waals surface area contributed by atoms with Crippen LogP contribution in [0.2, 0.25) is 0 Å². The zero-order valence-corrected chi connectivity index (χ0v) is 8.16. The van der Waals surface area contributed by atoms with Crippen LogP contribution in [0, 0.1) is 11.8 Å². The van der Waals surface area contributed by atoms with Crippen LogP contribution in [0.1, 0.15) is 26.7 Å². The van der Waals surface area contributed by atoms with Crippen molar-refractivity contribution >= 4 is 0 Å². The molecule has 2 unspecified atom stereocenters. The zero-order chi connectivity index (χ0) is 9.56. The van der Waals surface area contributed by atoms with E-state index in [1.165, 1.54) is 0 Å². The van der Waals surface area contributed by atoms with Crippen LogP contribution in [0.5, 0.6) is 0 Å². The van der Waals surface area contributed by atoms with E-state index in [-0.39, 0.29) is 12.6 Å². The summed E-state index contributed by atoms with van der Waals surface area (Å²) < 4.78 is 0. The summed E-state index contributed by atoms with van der Waals surface area (Å²) in [6.45, 7) is 5.06. The zero-order valence-electron chi connectivity index (χ0n) is 8.16. The van der Waals surface area contributed by atoms with Gasteiger partial charge < -0.3 is 16.6 Å². The second-order valence-corrected chi connectivity index (χ2v) is 3.76. The van der Waals surface area contributed by atoms with Crippen molar-refractivity contribution in [3.63, 3.8) is 0 Å². The lowest BCUT2D eigenvalue weighted by molar-refractivity contribution is 0.243. The SMILES string of the molecule is CC(C)C(N)CC(CN)CCO. The highest BCUT2D eigenvalue weighted by Gasteiger charge is 2.14. The first-order valence-corrected chi connectivity index (χ1v) is 4.68. The van der Waals surface area contributed by atoms with Crippen LogP contribution in [0.15, 0.2) is 0 Å². The summed E-state index contributed by atoms with van der Waals surface area (Å²) >= 11 is 0. The van der Waals surface area contributed by atoms with Gasteiger partial charge in [0, 0.05) is 12.6 Å². The molecule has 0 bridgehead atoms. The molecule has 0 saturated carbocycles. The van der Waals surface area contributed by atoms with E-state index in [1.807, 2.05) is 0 Å². The molecule has 2 atom stereocenters. The van der Waals surface area contributed by atoms with Crippen molar-refractivity contribution in [1.29, 1.82) is 0 Å². The number of aliphatic hydroxyl groups excluding tert-OH is 1. The molecule has 12 heavy (non-hydrogen) atoms. The van der Waals surface area contributed by atoms with Crippen LogP contribution < -0.4 is 11.5 Å². The Kier molecular flexibility index (Phi) is 6.34. The summed E-state index contributed by atoms with van der Waals surface area (Å²) in [6, 6.07) is 0.213. The fourth-order valence-corrected chi connectivity index (χ4v) is 1.17. The molecule has 0 aromatic carbocycles. The molecule has 5 N–H and O–H groups in total. The van der Waals surface area contributed by atoms with E-state index < -0.39 is 0 Å². The molecule has 3 heteroatoms. The first-order valence-electron chi connectivity index (χ1n) is 4.68. The Balaban J connectivity index is 3.68. The maximum Gasteiger partial charge on any atom is 0.0434 e. The molecule has 0 rings (SSSR count). The van der Waals surface area contributed by atoms with Crippen LogP contribution in [0.4, 0.5) is 0 Å². The first-order chi connectivity index (χ1) is 5.61. The maximum atomic E-state index is 8.72. The molecule has 0 aliphatic heterocycles. The predicted octanol–water partition coefficient (Wildman–Crippen LogP) is 0.317. The summed E-state index contributed by atoms with van der Waals surface area (Å²) in [4.78, 5) is 0. The number of nitrogens with two attached hydrogens (primary N) is 2. The third-order valence-electron chi connectivity index (χ3n) is 2.33. The van der Waals surface area contributed by atoms with Gasteiger partial charge in [0.2, 0.25) is 0 Å². The lowest BCUT2D eigenvalue weighted by Gasteiger charge is -2.21. The average molecular weight is 174 g/mol. The Morgan fingerprint density at radius 3 is 2.25 bits per heavy atom. The fourth-order valence-electron chi connectivity index (χ4n) is 1.17. The van der Waals surface area contributed by atoms with Gasteiger partial charge in [0.1, 0.15) is 0 Å². The highest BCUT2D eigenvalue weighted by Crippen LogP contribution is 2.13. The molecule has 0 fully saturated rings. The number of hydrogen-bond donors (Lipinski definition) is 3. The Morgan fingerprint density at radius 1 is 1.33 bits per heavy atom. The van der Waals surface area contributed by atoms with Crippen molar-refractivity contribution in [2.75, 3.05) is 13.2 Å². The van der Waals surface area contributed by atoms with E-state index in [9.17, 15) is 0 Å². The van der Waals surface area contributed by atoms with E-state index in [1.54, 1.807) is 0 Å². The minimum absolute atomic E-state index is 0.213. The maximum absolute atomic E-state index is 8.72. The van der Waals surface area contributed by atoms with Gasteiger partial charge >= 0.3 is 0 Å². The molecule has 3 nitrogen and oxygen atoms in total. The van der Waals surface area contributed by atoms with Gasteiger partial charge in [0.05, 0.1) is 0 Å². The first kappa shape index (κ1) is 11.9. The van der Waals surface area contributed by atoms with Crippen molar-refractivity contribution in [3.05, 3.63) is 0 Å². The Morgan fingerprint density at radius 2 is 1.92 bits per heavy atom. The molecule has 0 aliphatic rings. The summed E-state index contributed by atoms with van der Waals surface area (Å²) in [5.74, 6) is 0.880. The Hall–Kier alpha value is -0.120. The Bertz CT molecular complexity index is 107. The molecule has 0 radical (unpaired) electrons. The van der Waals surface area contributed by atoms with Crippen molar-refractivity contribution < 1.29 is 5.11 Å². The lowest BCUT2D eigenvalue weighted by Crippen LogP contribution is -2.31. The van der Waals surface area contributed by atoms with Crippen molar-refractivity contribution in [2.24, 2.45) is 23.3 Å². The highest BCUT2D eigenvalue weighted by atomic mass is 16.3. The van der Waals surface area contributed by atoms with Gasteiger partial charge in [0.25, 0.3) is 0 Å². The smallest absolute Gasteiger partial charge is 0.0434 e. The quantitative estimate of drug-likeness (QED) is 0.543. The van der Waals surface area contributed by atoms with Crippen LogP contribution in [0.3, 0.4) is 0 Å². The number of aliphatic hydroxyl groups is 1. The summed E-state index contributed by atoms with van der Waals surface area (Å²) in [7, 11) is 0. The third kappa shape index (κ3) is 4.70. The third-order valence-corrected chi connectivity index (χ3v) is 2.33. The molecule has 0 heterocycles. The molecule has 0 aromatic rings. The van der Waals surface area contributed by atoms with Gasteiger partial charge in [-0.2, -0.15) is 0 Å². The van der Waals surface area contributed by atoms with E-state index in [2.05, 4.69) is 13.8 Å². The molecule has 0 amide bonds. The van der Waals surface area contributed by atoms with Crippen LogP contribution in [-0.4, -0.2) is 24.3 Å².